The van der Waals surface area contributed by atoms with Gasteiger partial charge in [0.1, 0.15) is 0 Å². The van der Waals surface area contributed by atoms with Crippen molar-refractivity contribution in [1.29, 1.82) is 0 Å². The molecule has 0 aliphatic heterocycles. The van der Waals surface area contributed by atoms with Crippen molar-refractivity contribution in [2.24, 2.45) is 0 Å². The van der Waals surface area contributed by atoms with Gasteiger partial charge in [-0.05, 0) is 25.7 Å². The molecule has 1 rings (SSSR count). The van der Waals surface area contributed by atoms with Gasteiger partial charge in [0.25, 0.3) is 0 Å². The molecule has 1 aliphatic carbocycles. The first-order valence-electron chi connectivity index (χ1n) is 6.18. The molecule has 0 saturated heterocycles. The minimum Gasteiger partial charge on any atom is -0.353 e. The van der Waals surface area contributed by atoms with Gasteiger partial charge in [0.15, 0.2) is 0 Å². The lowest BCUT2D eigenvalue weighted by Crippen LogP contribution is -2.35. The number of alkyl halides is 1. The van der Waals surface area contributed by atoms with Crippen LogP contribution in [0.15, 0.2) is 0 Å². The van der Waals surface area contributed by atoms with Crippen LogP contribution in [-0.2, 0) is 4.79 Å². The van der Waals surface area contributed by atoms with Gasteiger partial charge in [-0.15, -0.1) is 0 Å². The zero-order valence-corrected chi connectivity index (χ0v) is 11.0. The van der Waals surface area contributed by atoms with Crippen LogP contribution in [0.4, 0.5) is 0 Å². The third-order valence-electron chi connectivity index (χ3n) is 3.01. The van der Waals surface area contributed by atoms with E-state index in [1.165, 1.54) is 38.5 Å². The fourth-order valence-electron chi connectivity index (χ4n) is 2.10. The van der Waals surface area contributed by atoms with E-state index in [1.54, 1.807) is 0 Å². The van der Waals surface area contributed by atoms with E-state index in [4.69, 9.17) is 0 Å². The largest absolute Gasteiger partial charge is 0.353 e. The van der Waals surface area contributed by atoms with Gasteiger partial charge in [-0.25, -0.2) is 0 Å². The summed E-state index contributed by atoms with van der Waals surface area (Å²) in [5.74, 6) is 0.261. The van der Waals surface area contributed by atoms with Crippen LogP contribution in [0.3, 0.4) is 0 Å². The predicted molar refractivity (Wildman–Crippen MR) is 67.3 cm³/mol. The van der Waals surface area contributed by atoms with Gasteiger partial charge in [0.05, 0.1) is 0 Å². The van der Waals surface area contributed by atoms with Crippen LogP contribution in [0.5, 0.6) is 0 Å². The van der Waals surface area contributed by atoms with Gasteiger partial charge in [-0.3, -0.25) is 4.79 Å². The third-order valence-corrected chi connectivity index (χ3v) is 3.57. The summed E-state index contributed by atoms with van der Waals surface area (Å²) in [7, 11) is 0. The average molecular weight is 276 g/mol. The number of unbranched alkanes of at least 4 members (excludes halogenated alkanes) is 2. The highest BCUT2D eigenvalue weighted by molar-refractivity contribution is 9.09. The SMILES string of the molecule is O=C(CCCCCBr)NC1CCCCC1. The molecule has 1 saturated carbocycles. The maximum Gasteiger partial charge on any atom is 0.220 e. The quantitative estimate of drug-likeness (QED) is 0.584. The zero-order chi connectivity index (χ0) is 10.9. The van der Waals surface area contributed by atoms with Gasteiger partial charge in [-0.1, -0.05) is 41.6 Å². The van der Waals surface area contributed by atoms with E-state index in [2.05, 4.69) is 21.2 Å². The predicted octanol–water partition coefficient (Wildman–Crippen LogP) is 3.39. The van der Waals surface area contributed by atoms with E-state index >= 15 is 0 Å². The second-order valence-electron chi connectivity index (χ2n) is 4.40. The summed E-state index contributed by atoms with van der Waals surface area (Å²) in [6, 6.07) is 0.474. The number of hydrogen-bond acceptors (Lipinski definition) is 1. The van der Waals surface area contributed by atoms with E-state index in [0.29, 0.717) is 12.5 Å². The molecule has 0 atom stereocenters. The van der Waals surface area contributed by atoms with E-state index in [9.17, 15) is 4.79 Å². The molecule has 0 radical (unpaired) electrons. The molecule has 3 heteroatoms. The fourth-order valence-corrected chi connectivity index (χ4v) is 2.50. The first kappa shape index (κ1) is 13.0. The standard InChI is InChI=1S/C12H22BrNO/c13-10-6-2-5-9-12(15)14-11-7-3-1-4-8-11/h11H,1-10H2,(H,14,15). The Labute approximate surface area is 101 Å². The summed E-state index contributed by atoms with van der Waals surface area (Å²) in [5.41, 5.74) is 0. The van der Waals surface area contributed by atoms with E-state index in [1.807, 2.05) is 0 Å². The summed E-state index contributed by atoms with van der Waals surface area (Å²) >= 11 is 3.40. The molecule has 1 fully saturated rings. The minimum absolute atomic E-state index is 0.261. The average Bonchev–Trinajstić information content (AvgIpc) is 2.26. The Bertz CT molecular complexity index is 178. The summed E-state index contributed by atoms with van der Waals surface area (Å²) in [6.45, 7) is 0. The Hall–Kier alpha value is -0.0500. The third kappa shape index (κ3) is 6.18. The number of halogens is 1. The summed E-state index contributed by atoms with van der Waals surface area (Å²) < 4.78 is 0. The number of rotatable bonds is 6. The van der Waals surface area contributed by atoms with E-state index in [-0.39, 0.29) is 5.91 Å². The maximum atomic E-state index is 11.6. The first-order chi connectivity index (χ1) is 7.33. The van der Waals surface area contributed by atoms with Crippen LogP contribution < -0.4 is 5.32 Å². The lowest BCUT2D eigenvalue weighted by atomic mass is 9.95. The smallest absolute Gasteiger partial charge is 0.220 e. The molecule has 0 heterocycles. The first-order valence-corrected chi connectivity index (χ1v) is 7.30. The molecule has 0 aromatic heterocycles. The Kier molecular flexibility index (Phi) is 7.07. The van der Waals surface area contributed by atoms with Crippen molar-refractivity contribution < 1.29 is 4.79 Å². The van der Waals surface area contributed by atoms with Gasteiger partial charge in [0, 0.05) is 17.8 Å². The van der Waals surface area contributed by atoms with Crippen LogP contribution in [0.25, 0.3) is 0 Å². The lowest BCUT2D eigenvalue weighted by Gasteiger charge is -2.22. The molecule has 1 N–H and O–H groups in total. The van der Waals surface area contributed by atoms with Crippen molar-refractivity contribution >= 4 is 21.8 Å². The molecule has 0 bridgehead atoms. The number of amides is 1. The monoisotopic (exact) mass is 275 g/mol. The van der Waals surface area contributed by atoms with E-state index in [0.717, 1.165) is 18.2 Å². The molecule has 1 amide bonds. The molecule has 0 unspecified atom stereocenters. The fraction of sp³-hybridized carbons (Fsp3) is 0.917. The number of carbonyl (C=O) groups excluding carboxylic acids is 1. The summed E-state index contributed by atoms with van der Waals surface area (Å²) in [5, 5.41) is 4.20. The van der Waals surface area contributed by atoms with Crippen molar-refractivity contribution in [3.63, 3.8) is 0 Å². The summed E-state index contributed by atoms with van der Waals surface area (Å²) in [4.78, 5) is 11.6. The highest BCUT2D eigenvalue weighted by Gasteiger charge is 2.14. The maximum absolute atomic E-state index is 11.6. The Morgan fingerprint density at radius 2 is 1.87 bits per heavy atom. The topological polar surface area (TPSA) is 29.1 Å². The van der Waals surface area contributed by atoms with Crippen LogP contribution in [0.2, 0.25) is 0 Å². The van der Waals surface area contributed by atoms with Crippen LogP contribution in [0.1, 0.15) is 57.8 Å². The zero-order valence-electron chi connectivity index (χ0n) is 9.43. The molecular weight excluding hydrogens is 254 g/mol. The molecule has 88 valence electrons. The van der Waals surface area contributed by atoms with Gasteiger partial charge >= 0.3 is 0 Å². The van der Waals surface area contributed by atoms with Crippen molar-refractivity contribution in [3.05, 3.63) is 0 Å². The van der Waals surface area contributed by atoms with Crippen molar-refractivity contribution in [2.45, 2.75) is 63.8 Å². The van der Waals surface area contributed by atoms with Gasteiger partial charge in [0.2, 0.25) is 5.91 Å². The van der Waals surface area contributed by atoms with Gasteiger partial charge < -0.3 is 5.32 Å². The highest BCUT2D eigenvalue weighted by Crippen LogP contribution is 2.17. The second-order valence-corrected chi connectivity index (χ2v) is 5.20. The summed E-state index contributed by atoms with van der Waals surface area (Å²) in [6.07, 6.45) is 10.4. The normalized spacial score (nSPS) is 17.7. The molecule has 0 aromatic rings. The van der Waals surface area contributed by atoms with Crippen molar-refractivity contribution in [2.75, 3.05) is 5.33 Å². The molecule has 15 heavy (non-hydrogen) atoms. The number of nitrogens with one attached hydrogen (secondary N) is 1. The van der Waals surface area contributed by atoms with Gasteiger partial charge in [-0.2, -0.15) is 0 Å². The van der Waals surface area contributed by atoms with Crippen molar-refractivity contribution in [1.82, 2.24) is 5.32 Å². The number of carbonyl (C=O) groups is 1. The van der Waals surface area contributed by atoms with Crippen LogP contribution >= 0.6 is 15.9 Å². The Morgan fingerprint density at radius 1 is 1.13 bits per heavy atom. The molecular formula is C12H22BrNO. The second kappa shape index (κ2) is 8.14. The van der Waals surface area contributed by atoms with Crippen LogP contribution in [0, 0.1) is 0 Å². The van der Waals surface area contributed by atoms with E-state index < -0.39 is 0 Å². The highest BCUT2D eigenvalue weighted by atomic mass is 79.9. The molecule has 0 aromatic carbocycles. The minimum atomic E-state index is 0.261. The number of hydrogen-bond donors (Lipinski definition) is 1. The Balaban J connectivity index is 2.01. The molecule has 0 spiro atoms. The van der Waals surface area contributed by atoms with Crippen LogP contribution in [-0.4, -0.2) is 17.3 Å². The molecule has 1 aliphatic rings. The lowest BCUT2D eigenvalue weighted by molar-refractivity contribution is -0.122. The molecule has 2 nitrogen and oxygen atoms in total. The Morgan fingerprint density at radius 3 is 2.53 bits per heavy atom. The van der Waals surface area contributed by atoms with Crippen molar-refractivity contribution in [3.8, 4) is 0 Å².